The van der Waals surface area contributed by atoms with Gasteiger partial charge >= 0.3 is 11.8 Å². The molecule has 0 atom stereocenters. The van der Waals surface area contributed by atoms with Crippen LogP contribution in [0.15, 0.2) is 18.2 Å². The van der Waals surface area contributed by atoms with Crippen molar-refractivity contribution in [2.24, 2.45) is 0 Å². The van der Waals surface area contributed by atoms with Gasteiger partial charge in [0.2, 0.25) is 0 Å². The third-order valence-electron chi connectivity index (χ3n) is 3.02. The highest BCUT2D eigenvalue weighted by molar-refractivity contribution is 6.39. The van der Waals surface area contributed by atoms with Crippen molar-refractivity contribution in [1.29, 1.82) is 0 Å². The maximum absolute atomic E-state index is 12.2. The molecule has 1 aromatic carbocycles. The van der Waals surface area contributed by atoms with E-state index in [1.165, 1.54) is 32.3 Å². The molecule has 0 heterocycles. The first-order valence-electron chi connectivity index (χ1n) is 6.95. The zero-order valence-corrected chi connectivity index (χ0v) is 14.2. The number of nitrogens with zero attached hydrogens (tertiary/aromatic N) is 1. The Balaban J connectivity index is 2.72. The van der Waals surface area contributed by atoms with Crippen LogP contribution in [0, 0.1) is 0 Å². The molecule has 0 radical (unpaired) electrons. The maximum Gasteiger partial charge on any atom is 0.313 e. The average Bonchev–Trinajstić information content (AvgIpc) is 2.54. The third kappa shape index (κ3) is 6.05. The van der Waals surface area contributed by atoms with Gasteiger partial charge in [0.1, 0.15) is 5.75 Å². The number of anilines is 1. The van der Waals surface area contributed by atoms with Crippen LogP contribution in [0.3, 0.4) is 0 Å². The van der Waals surface area contributed by atoms with Gasteiger partial charge in [-0.25, -0.2) is 0 Å². The highest BCUT2D eigenvalue weighted by atomic mass is 35.5. The molecule has 0 aliphatic carbocycles. The van der Waals surface area contributed by atoms with E-state index in [0.29, 0.717) is 42.8 Å². The third-order valence-corrected chi connectivity index (χ3v) is 3.32. The molecule has 0 unspecified atom stereocenters. The first-order valence-corrected chi connectivity index (χ1v) is 7.33. The van der Waals surface area contributed by atoms with Crippen LogP contribution in [0.25, 0.3) is 0 Å². The lowest BCUT2D eigenvalue weighted by molar-refractivity contribution is -0.144. The first-order chi connectivity index (χ1) is 11.0. The Kier molecular flexibility index (Phi) is 8.39. The van der Waals surface area contributed by atoms with Crippen molar-refractivity contribution >= 4 is 29.1 Å². The second-order valence-electron chi connectivity index (χ2n) is 4.58. The number of carbonyl (C=O) groups is 2. The van der Waals surface area contributed by atoms with Crippen molar-refractivity contribution in [3.05, 3.63) is 23.2 Å². The van der Waals surface area contributed by atoms with Crippen molar-refractivity contribution < 1.29 is 23.8 Å². The molecular formula is C15H21ClN2O5. The number of amides is 2. The molecule has 0 spiro atoms. The zero-order valence-electron chi connectivity index (χ0n) is 13.4. The van der Waals surface area contributed by atoms with Crippen LogP contribution in [-0.4, -0.2) is 64.3 Å². The fourth-order valence-corrected chi connectivity index (χ4v) is 2.05. The van der Waals surface area contributed by atoms with Gasteiger partial charge in [0.25, 0.3) is 0 Å². The summed E-state index contributed by atoms with van der Waals surface area (Å²) in [5.74, 6) is -0.928. The molecule has 2 amide bonds. The predicted molar refractivity (Wildman–Crippen MR) is 87.0 cm³/mol. The minimum Gasteiger partial charge on any atom is -0.495 e. The van der Waals surface area contributed by atoms with Gasteiger partial charge in [-0.15, -0.1) is 0 Å². The van der Waals surface area contributed by atoms with Crippen molar-refractivity contribution in [1.82, 2.24) is 4.90 Å². The number of methoxy groups -OCH3 is 3. The first kappa shape index (κ1) is 19.2. The van der Waals surface area contributed by atoms with Crippen LogP contribution in [0.1, 0.15) is 0 Å². The lowest BCUT2D eigenvalue weighted by Crippen LogP contribution is -2.43. The topological polar surface area (TPSA) is 77.1 Å². The molecule has 0 aromatic heterocycles. The van der Waals surface area contributed by atoms with E-state index < -0.39 is 11.8 Å². The number of ether oxygens (including phenoxy) is 3. The van der Waals surface area contributed by atoms with Gasteiger partial charge < -0.3 is 24.4 Å². The molecule has 1 aromatic rings. The number of carbonyl (C=O) groups excluding carboxylic acids is 2. The molecular weight excluding hydrogens is 324 g/mol. The minimum atomic E-state index is -0.751. The van der Waals surface area contributed by atoms with Gasteiger partial charge in [0, 0.05) is 33.0 Å². The number of hydrogen-bond acceptors (Lipinski definition) is 5. The van der Waals surface area contributed by atoms with Gasteiger partial charge in [0.05, 0.1) is 25.3 Å². The second-order valence-corrected chi connectivity index (χ2v) is 4.99. The lowest BCUT2D eigenvalue weighted by Gasteiger charge is -2.21. The Hall–Kier alpha value is -1.83. The molecule has 8 heteroatoms. The molecule has 0 saturated carbocycles. The van der Waals surface area contributed by atoms with E-state index >= 15 is 0 Å². The molecule has 0 aliphatic heterocycles. The number of rotatable bonds is 8. The fraction of sp³-hybridized carbons (Fsp3) is 0.467. The van der Waals surface area contributed by atoms with Crippen LogP contribution in [0.2, 0.25) is 5.02 Å². The van der Waals surface area contributed by atoms with E-state index in [0.717, 1.165) is 0 Å². The Morgan fingerprint density at radius 2 is 1.74 bits per heavy atom. The Bertz CT molecular complexity index is 531. The molecule has 128 valence electrons. The quantitative estimate of drug-likeness (QED) is 0.721. The second kappa shape index (κ2) is 10.0. The van der Waals surface area contributed by atoms with Crippen LogP contribution in [0.5, 0.6) is 5.75 Å². The summed E-state index contributed by atoms with van der Waals surface area (Å²) in [5, 5.41) is 2.86. The number of hydrogen-bond donors (Lipinski definition) is 1. The fourth-order valence-electron chi connectivity index (χ4n) is 1.79. The van der Waals surface area contributed by atoms with Gasteiger partial charge in [0.15, 0.2) is 0 Å². The normalized spacial score (nSPS) is 10.3. The maximum atomic E-state index is 12.2. The molecule has 1 N–H and O–H groups in total. The summed E-state index contributed by atoms with van der Waals surface area (Å²) >= 11 is 5.99. The Morgan fingerprint density at radius 3 is 2.22 bits per heavy atom. The molecule has 0 fully saturated rings. The average molecular weight is 345 g/mol. The van der Waals surface area contributed by atoms with Gasteiger partial charge in [-0.2, -0.15) is 0 Å². The number of benzene rings is 1. The van der Waals surface area contributed by atoms with E-state index in [2.05, 4.69) is 5.32 Å². The summed E-state index contributed by atoms with van der Waals surface area (Å²) in [5.41, 5.74) is 0.410. The molecule has 0 bridgehead atoms. The molecule has 23 heavy (non-hydrogen) atoms. The van der Waals surface area contributed by atoms with Gasteiger partial charge in [-0.3, -0.25) is 9.59 Å². The van der Waals surface area contributed by atoms with E-state index in [9.17, 15) is 9.59 Å². The van der Waals surface area contributed by atoms with E-state index in [4.69, 9.17) is 25.8 Å². The highest BCUT2D eigenvalue weighted by Crippen LogP contribution is 2.27. The van der Waals surface area contributed by atoms with Crippen LogP contribution >= 0.6 is 11.6 Å². The van der Waals surface area contributed by atoms with Crippen molar-refractivity contribution in [3.8, 4) is 5.75 Å². The van der Waals surface area contributed by atoms with Crippen molar-refractivity contribution in [2.45, 2.75) is 0 Å². The summed E-state index contributed by atoms with van der Waals surface area (Å²) in [4.78, 5) is 25.7. The Morgan fingerprint density at radius 1 is 1.13 bits per heavy atom. The predicted octanol–water partition coefficient (Wildman–Crippen LogP) is 1.41. The van der Waals surface area contributed by atoms with Gasteiger partial charge in [-0.1, -0.05) is 11.6 Å². The van der Waals surface area contributed by atoms with Crippen LogP contribution < -0.4 is 10.1 Å². The van der Waals surface area contributed by atoms with E-state index in [-0.39, 0.29) is 0 Å². The summed E-state index contributed by atoms with van der Waals surface area (Å²) in [6.45, 7) is 1.26. The van der Waals surface area contributed by atoms with Crippen LogP contribution in [0.4, 0.5) is 5.69 Å². The number of nitrogens with one attached hydrogen (secondary N) is 1. The summed E-state index contributed by atoms with van der Waals surface area (Å²) in [6.07, 6.45) is 0. The molecule has 0 aliphatic rings. The van der Waals surface area contributed by atoms with Crippen molar-refractivity contribution in [2.75, 3.05) is 52.9 Å². The standard InChI is InChI=1S/C15H21ClN2O5/c1-21-8-6-18(7-9-22-2)15(20)14(19)17-11-4-5-13(23-3)12(16)10-11/h4-5,10H,6-9H2,1-3H3,(H,17,19). The molecule has 7 nitrogen and oxygen atoms in total. The van der Waals surface area contributed by atoms with Gasteiger partial charge in [-0.05, 0) is 18.2 Å². The SMILES string of the molecule is COCCN(CCOC)C(=O)C(=O)Nc1ccc(OC)c(Cl)c1. The summed E-state index contributed by atoms with van der Waals surface area (Å²) in [7, 11) is 4.54. The number of halogens is 1. The summed E-state index contributed by atoms with van der Waals surface area (Å²) < 4.78 is 14.9. The monoisotopic (exact) mass is 344 g/mol. The lowest BCUT2D eigenvalue weighted by atomic mass is 10.3. The molecule has 1 rings (SSSR count). The van der Waals surface area contributed by atoms with E-state index in [1.54, 1.807) is 12.1 Å². The van der Waals surface area contributed by atoms with E-state index in [1.807, 2.05) is 0 Å². The Labute approximate surface area is 140 Å². The minimum absolute atomic E-state index is 0.301. The van der Waals surface area contributed by atoms with Crippen LogP contribution in [-0.2, 0) is 19.1 Å². The largest absolute Gasteiger partial charge is 0.495 e. The molecule has 0 saturated heterocycles. The zero-order chi connectivity index (χ0) is 17.2. The highest BCUT2D eigenvalue weighted by Gasteiger charge is 2.21. The summed E-state index contributed by atoms with van der Waals surface area (Å²) in [6, 6.07) is 4.72. The van der Waals surface area contributed by atoms with Crippen molar-refractivity contribution in [3.63, 3.8) is 0 Å². The smallest absolute Gasteiger partial charge is 0.313 e.